The van der Waals surface area contributed by atoms with Crippen LogP contribution < -0.4 is 11.1 Å². The van der Waals surface area contributed by atoms with Crippen LogP contribution in [0.5, 0.6) is 0 Å². The molecule has 2 amide bonds. The van der Waals surface area contributed by atoms with Crippen LogP contribution in [0.4, 0.5) is 0 Å². The minimum absolute atomic E-state index is 0. The SMILES string of the molecule is Cl.NCC(=O)N1CC(NC(=O)c2ccccc2)CC1C(=O)O.O. The van der Waals surface area contributed by atoms with E-state index in [9.17, 15) is 14.4 Å². The third kappa shape index (κ3) is 4.92. The molecule has 0 bridgehead atoms. The van der Waals surface area contributed by atoms with Crippen LogP contribution in [-0.4, -0.2) is 58.4 Å². The summed E-state index contributed by atoms with van der Waals surface area (Å²) in [5, 5.41) is 11.9. The maximum absolute atomic E-state index is 12.0. The number of nitrogens with zero attached hydrogens (tertiary/aromatic N) is 1. The molecule has 0 spiro atoms. The third-order valence-electron chi connectivity index (χ3n) is 3.45. The highest BCUT2D eigenvalue weighted by atomic mass is 35.5. The number of nitrogens with two attached hydrogens (primary N) is 1. The van der Waals surface area contributed by atoms with Gasteiger partial charge in [0.25, 0.3) is 5.91 Å². The van der Waals surface area contributed by atoms with Crippen LogP contribution in [0.3, 0.4) is 0 Å². The maximum atomic E-state index is 12.0. The van der Waals surface area contributed by atoms with E-state index in [2.05, 4.69) is 5.32 Å². The molecule has 1 aliphatic rings. The third-order valence-corrected chi connectivity index (χ3v) is 3.45. The molecule has 1 saturated heterocycles. The lowest BCUT2D eigenvalue weighted by Crippen LogP contribution is -2.44. The summed E-state index contributed by atoms with van der Waals surface area (Å²) in [5.41, 5.74) is 5.77. The first-order valence-corrected chi connectivity index (χ1v) is 6.61. The van der Waals surface area contributed by atoms with Gasteiger partial charge in [0.1, 0.15) is 6.04 Å². The summed E-state index contributed by atoms with van der Waals surface area (Å²) in [6, 6.07) is 7.29. The molecule has 23 heavy (non-hydrogen) atoms. The largest absolute Gasteiger partial charge is 0.480 e. The Hall–Kier alpha value is -2.16. The van der Waals surface area contributed by atoms with Crippen molar-refractivity contribution in [2.45, 2.75) is 18.5 Å². The van der Waals surface area contributed by atoms with Gasteiger partial charge >= 0.3 is 5.97 Å². The molecule has 0 aromatic heterocycles. The number of amides is 2. The second-order valence-electron chi connectivity index (χ2n) is 4.88. The smallest absolute Gasteiger partial charge is 0.326 e. The van der Waals surface area contributed by atoms with E-state index in [1.165, 1.54) is 4.90 Å². The number of halogens is 1. The summed E-state index contributed by atoms with van der Waals surface area (Å²) in [6.07, 6.45) is 0.180. The molecule has 128 valence electrons. The predicted molar refractivity (Wildman–Crippen MR) is 85.4 cm³/mol. The number of likely N-dealkylation sites (tertiary alicyclic amines) is 1. The van der Waals surface area contributed by atoms with Crippen LogP contribution in [0.1, 0.15) is 16.8 Å². The Balaban J connectivity index is 0.00000242. The summed E-state index contributed by atoms with van der Waals surface area (Å²) >= 11 is 0. The lowest BCUT2D eigenvalue weighted by Gasteiger charge is -2.20. The first-order chi connectivity index (χ1) is 10.0. The van der Waals surface area contributed by atoms with Gasteiger partial charge in [0.2, 0.25) is 5.91 Å². The molecule has 9 heteroatoms. The summed E-state index contributed by atoms with van der Waals surface area (Å²) in [7, 11) is 0. The fourth-order valence-electron chi connectivity index (χ4n) is 2.43. The lowest BCUT2D eigenvalue weighted by molar-refractivity contribution is -0.147. The monoisotopic (exact) mass is 345 g/mol. The van der Waals surface area contributed by atoms with Crippen molar-refractivity contribution < 1.29 is 25.0 Å². The Morgan fingerprint density at radius 2 is 1.87 bits per heavy atom. The van der Waals surface area contributed by atoms with Crippen molar-refractivity contribution >= 4 is 30.2 Å². The second kappa shape index (κ2) is 9.09. The number of carbonyl (C=O) groups is 3. The van der Waals surface area contributed by atoms with Crippen LogP contribution in [0.15, 0.2) is 30.3 Å². The Morgan fingerprint density at radius 3 is 2.39 bits per heavy atom. The molecular formula is C14H20ClN3O5. The molecule has 2 unspecified atom stereocenters. The van der Waals surface area contributed by atoms with E-state index in [4.69, 9.17) is 10.8 Å². The van der Waals surface area contributed by atoms with Gasteiger partial charge in [0, 0.05) is 24.6 Å². The molecule has 6 N–H and O–H groups in total. The average molecular weight is 346 g/mol. The van der Waals surface area contributed by atoms with Crippen LogP contribution in [0.2, 0.25) is 0 Å². The second-order valence-corrected chi connectivity index (χ2v) is 4.88. The molecule has 1 fully saturated rings. The molecule has 1 heterocycles. The van der Waals surface area contributed by atoms with Crippen LogP contribution in [0, 0.1) is 0 Å². The molecule has 0 saturated carbocycles. The number of rotatable bonds is 4. The van der Waals surface area contributed by atoms with Gasteiger partial charge in [-0.3, -0.25) is 9.59 Å². The Labute approximate surface area is 139 Å². The van der Waals surface area contributed by atoms with Crippen LogP contribution in [0.25, 0.3) is 0 Å². The molecule has 2 rings (SSSR count). The Bertz CT molecular complexity index is 555. The minimum Gasteiger partial charge on any atom is -0.480 e. The topological polar surface area (TPSA) is 144 Å². The zero-order valence-electron chi connectivity index (χ0n) is 12.3. The van der Waals surface area contributed by atoms with Crippen molar-refractivity contribution in [1.82, 2.24) is 10.2 Å². The highest BCUT2D eigenvalue weighted by Gasteiger charge is 2.39. The number of nitrogens with one attached hydrogen (secondary N) is 1. The van der Waals surface area contributed by atoms with E-state index < -0.39 is 24.0 Å². The summed E-state index contributed by atoms with van der Waals surface area (Å²) in [4.78, 5) is 36.1. The molecule has 0 radical (unpaired) electrons. The molecular weight excluding hydrogens is 326 g/mol. The molecule has 0 aliphatic carbocycles. The highest BCUT2D eigenvalue weighted by Crippen LogP contribution is 2.18. The number of carboxylic acid groups (broad SMARTS) is 1. The first kappa shape index (κ1) is 20.8. The van der Waals surface area contributed by atoms with E-state index in [0.29, 0.717) is 5.56 Å². The van der Waals surface area contributed by atoms with Crippen LogP contribution in [-0.2, 0) is 9.59 Å². The summed E-state index contributed by atoms with van der Waals surface area (Å²) in [6.45, 7) is -0.0886. The number of aliphatic carboxylic acids is 1. The van der Waals surface area contributed by atoms with Gasteiger partial charge in [0.05, 0.1) is 6.54 Å². The fourth-order valence-corrected chi connectivity index (χ4v) is 2.43. The number of carbonyl (C=O) groups excluding carboxylic acids is 2. The van der Waals surface area contributed by atoms with Gasteiger partial charge in [-0.1, -0.05) is 18.2 Å². The zero-order valence-corrected chi connectivity index (χ0v) is 13.1. The minimum atomic E-state index is -1.09. The van der Waals surface area contributed by atoms with Crippen molar-refractivity contribution in [2.75, 3.05) is 13.1 Å². The molecule has 1 aliphatic heterocycles. The number of hydrogen-bond donors (Lipinski definition) is 3. The van der Waals surface area contributed by atoms with Gasteiger partial charge in [-0.2, -0.15) is 0 Å². The Morgan fingerprint density at radius 1 is 1.26 bits per heavy atom. The van der Waals surface area contributed by atoms with E-state index in [0.717, 1.165) is 0 Å². The lowest BCUT2D eigenvalue weighted by atomic mass is 10.1. The highest BCUT2D eigenvalue weighted by molar-refractivity contribution is 5.94. The van der Waals surface area contributed by atoms with Gasteiger partial charge in [-0.05, 0) is 12.1 Å². The number of benzene rings is 1. The molecule has 2 atom stereocenters. The van der Waals surface area contributed by atoms with Gasteiger partial charge < -0.3 is 26.5 Å². The van der Waals surface area contributed by atoms with Crippen LogP contribution >= 0.6 is 12.4 Å². The maximum Gasteiger partial charge on any atom is 0.326 e. The van der Waals surface area contributed by atoms with E-state index in [-0.39, 0.29) is 43.3 Å². The van der Waals surface area contributed by atoms with Crippen molar-refractivity contribution in [3.63, 3.8) is 0 Å². The Kier molecular flexibility index (Phi) is 8.23. The summed E-state index contributed by atoms with van der Waals surface area (Å²) in [5.74, 6) is -1.81. The first-order valence-electron chi connectivity index (χ1n) is 6.61. The fraction of sp³-hybridized carbons (Fsp3) is 0.357. The van der Waals surface area contributed by atoms with E-state index in [1.807, 2.05) is 0 Å². The van der Waals surface area contributed by atoms with Gasteiger partial charge in [-0.25, -0.2) is 4.79 Å². The van der Waals surface area contributed by atoms with Gasteiger partial charge in [-0.15, -0.1) is 12.4 Å². The zero-order chi connectivity index (χ0) is 15.4. The van der Waals surface area contributed by atoms with Crippen molar-refractivity contribution in [3.8, 4) is 0 Å². The molecule has 1 aromatic rings. The normalized spacial score (nSPS) is 19.3. The van der Waals surface area contributed by atoms with Crippen molar-refractivity contribution in [2.24, 2.45) is 5.73 Å². The standard InChI is InChI=1S/C14H17N3O4.ClH.H2O/c15-7-12(18)17-8-10(6-11(17)14(20)21)16-13(19)9-4-2-1-3-5-9;;/h1-5,10-11H,6-8,15H2,(H,16,19)(H,20,21);1H;1H2. The van der Waals surface area contributed by atoms with E-state index in [1.54, 1.807) is 30.3 Å². The molecule has 1 aromatic carbocycles. The van der Waals surface area contributed by atoms with Crippen molar-refractivity contribution in [3.05, 3.63) is 35.9 Å². The van der Waals surface area contributed by atoms with Gasteiger partial charge in [0.15, 0.2) is 0 Å². The summed E-state index contributed by atoms with van der Waals surface area (Å²) < 4.78 is 0. The quantitative estimate of drug-likeness (QED) is 0.642. The average Bonchev–Trinajstić information content (AvgIpc) is 2.91. The molecule has 8 nitrogen and oxygen atoms in total. The van der Waals surface area contributed by atoms with E-state index >= 15 is 0 Å². The number of carboxylic acids is 1. The number of hydrogen-bond acceptors (Lipinski definition) is 4. The predicted octanol–water partition coefficient (Wildman–Crippen LogP) is -0.974. The van der Waals surface area contributed by atoms with Crippen molar-refractivity contribution in [1.29, 1.82) is 0 Å².